The van der Waals surface area contributed by atoms with E-state index < -0.39 is 47.7 Å². The molecule has 0 aromatic carbocycles. The highest BCUT2D eigenvalue weighted by Crippen LogP contribution is 2.35. The molecular formula is C21H40N2O7. The van der Waals surface area contributed by atoms with E-state index in [4.69, 9.17) is 24.7 Å². The van der Waals surface area contributed by atoms with Crippen LogP contribution in [0.25, 0.3) is 0 Å². The van der Waals surface area contributed by atoms with E-state index in [2.05, 4.69) is 0 Å². The molecule has 1 rings (SSSR count). The second-order valence-electron chi connectivity index (χ2n) is 9.63. The number of hydrogen-bond acceptors (Lipinski definition) is 8. The molecule has 0 saturated carbocycles. The Hall–Kier alpha value is -1.42. The van der Waals surface area contributed by atoms with Crippen LogP contribution in [0, 0.1) is 5.92 Å². The van der Waals surface area contributed by atoms with E-state index in [0.29, 0.717) is 6.61 Å². The number of carbonyl (C=O) groups excluding carboxylic acids is 2. The van der Waals surface area contributed by atoms with Crippen molar-refractivity contribution in [3.05, 3.63) is 0 Å². The summed E-state index contributed by atoms with van der Waals surface area (Å²) in [6, 6.07) is -2.32. The molecule has 3 N–H and O–H groups in total. The smallest absolute Gasteiger partial charge is 0.411 e. The molecule has 0 bridgehead atoms. The largest absolute Gasteiger partial charge is 0.458 e. The second-order valence-corrected chi connectivity index (χ2v) is 9.63. The Bertz CT molecular complexity index is 571. The molecule has 1 saturated heterocycles. The number of likely N-dealkylation sites (tertiary alicyclic amines) is 1. The van der Waals surface area contributed by atoms with Gasteiger partial charge in [-0.3, -0.25) is 4.90 Å². The fourth-order valence-corrected chi connectivity index (χ4v) is 3.49. The third kappa shape index (κ3) is 8.02. The Labute approximate surface area is 180 Å². The summed E-state index contributed by atoms with van der Waals surface area (Å²) < 4.78 is 22.3. The highest BCUT2D eigenvalue weighted by atomic mass is 16.7. The molecule has 0 spiro atoms. The lowest BCUT2D eigenvalue weighted by Crippen LogP contribution is -2.56. The van der Waals surface area contributed by atoms with Crippen molar-refractivity contribution >= 4 is 12.1 Å². The van der Waals surface area contributed by atoms with Gasteiger partial charge in [0.05, 0.1) is 19.3 Å². The molecule has 1 amide bonds. The van der Waals surface area contributed by atoms with Crippen LogP contribution in [0.5, 0.6) is 0 Å². The van der Waals surface area contributed by atoms with E-state index in [1.54, 1.807) is 48.5 Å². The Kier molecular flexibility index (Phi) is 9.53. The average Bonchev–Trinajstić information content (AvgIpc) is 2.96. The molecule has 1 unspecified atom stereocenters. The number of aliphatic hydroxyl groups excluding tert-OH is 1. The van der Waals surface area contributed by atoms with Crippen LogP contribution in [-0.4, -0.2) is 77.5 Å². The molecule has 176 valence electrons. The molecule has 5 atom stereocenters. The van der Waals surface area contributed by atoms with E-state index in [1.807, 2.05) is 6.92 Å². The lowest BCUT2D eigenvalue weighted by atomic mass is 9.94. The van der Waals surface area contributed by atoms with Crippen molar-refractivity contribution in [1.82, 2.24) is 4.90 Å². The molecule has 1 heterocycles. The summed E-state index contributed by atoms with van der Waals surface area (Å²) in [6.45, 7) is 14.5. The number of nitrogens with two attached hydrogens (primary N) is 1. The molecule has 0 radical (unpaired) electrons. The van der Waals surface area contributed by atoms with Gasteiger partial charge in [-0.2, -0.15) is 0 Å². The zero-order valence-electron chi connectivity index (χ0n) is 19.6. The lowest BCUT2D eigenvalue weighted by molar-refractivity contribution is -0.160. The van der Waals surface area contributed by atoms with Crippen molar-refractivity contribution in [2.24, 2.45) is 11.7 Å². The number of hydrogen-bond donors (Lipinski definition) is 2. The number of amides is 1. The van der Waals surface area contributed by atoms with Gasteiger partial charge in [0, 0.05) is 18.6 Å². The van der Waals surface area contributed by atoms with Gasteiger partial charge in [0.15, 0.2) is 6.29 Å². The van der Waals surface area contributed by atoms with Gasteiger partial charge in [-0.25, -0.2) is 9.59 Å². The zero-order valence-corrected chi connectivity index (χ0v) is 19.6. The molecule has 1 fully saturated rings. The molecule has 1 aliphatic rings. The highest BCUT2D eigenvalue weighted by molar-refractivity contribution is 5.83. The zero-order chi connectivity index (χ0) is 23.3. The Morgan fingerprint density at radius 2 is 1.67 bits per heavy atom. The lowest BCUT2D eigenvalue weighted by Gasteiger charge is -2.36. The van der Waals surface area contributed by atoms with Crippen molar-refractivity contribution in [2.45, 2.75) is 97.4 Å². The van der Waals surface area contributed by atoms with Gasteiger partial charge in [0.1, 0.15) is 17.2 Å². The summed E-state index contributed by atoms with van der Waals surface area (Å²) in [5, 5.41) is 9.73. The summed E-state index contributed by atoms with van der Waals surface area (Å²) in [5.41, 5.74) is 4.70. The number of esters is 1. The van der Waals surface area contributed by atoms with Crippen LogP contribution >= 0.6 is 0 Å². The molecule has 9 heteroatoms. The second kappa shape index (κ2) is 10.7. The highest BCUT2D eigenvalue weighted by Gasteiger charge is 2.51. The summed E-state index contributed by atoms with van der Waals surface area (Å²) in [4.78, 5) is 27.3. The number of ether oxygens (including phenoxy) is 4. The fraction of sp³-hybridized carbons (Fsp3) is 0.905. The first-order valence-corrected chi connectivity index (χ1v) is 10.5. The quantitative estimate of drug-likeness (QED) is 0.442. The van der Waals surface area contributed by atoms with Crippen LogP contribution in [-0.2, 0) is 23.7 Å². The minimum absolute atomic E-state index is 0.206. The summed E-state index contributed by atoms with van der Waals surface area (Å²) >= 11 is 0. The summed E-state index contributed by atoms with van der Waals surface area (Å²) in [6.07, 6.45) is -0.838. The summed E-state index contributed by atoms with van der Waals surface area (Å²) in [5.74, 6) is -0.844. The molecule has 9 nitrogen and oxygen atoms in total. The van der Waals surface area contributed by atoms with E-state index >= 15 is 0 Å². The van der Waals surface area contributed by atoms with Crippen LogP contribution in [0.2, 0.25) is 0 Å². The van der Waals surface area contributed by atoms with Crippen molar-refractivity contribution in [2.75, 3.05) is 19.8 Å². The van der Waals surface area contributed by atoms with E-state index in [1.165, 1.54) is 4.90 Å². The predicted octanol–water partition coefficient (Wildman–Crippen LogP) is 2.04. The maximum Gasteiger partial charge on any atom is 0.411 e. The minimum Gasteiger partial charge on any atom is -0.458 e. The van der Waals surface area contributed by atoms with Crippen LogP contribution in [0.3, 0.4) is 0 Å². The van der Waals surface area contributed by atoms with Gasteiger partial charge in [0.2, 0.25) is 0 Å². The molecule has 1 aliphatic heterocycles. The number of carbonyl (C=O) groups is 2. The molecule has 0 aliphatic carbocycles. The maximum atomic E-state index is 13.1. The third-order valence-corrected chi connectivity index (χ3v) is 4.55. The molecule has 30 heavy (non-hydrogen) atoms. The van der Waals surface area contributed by atoms with Crippen LogP contribution < -0.4 is 5.73 Å². The van der Waals surface area contributed by atoms with Gasteiger partial charge in [-0.1, -0.05) is 0 Å². The number of aliphatic hydroxyl groups is 1. The van der Waals surface area contributed by atoms with Crippen molar-refractivity contribution < 1.29 is 33.6 Å². The van der Waals surface area contributed by atoms with E-state index in [-0.39, 0.29) is 25.6 Å². The Morgan fingerprint density at radius 3 is 2.13 bits per heavy atom. The average molecular weight is 433 g/mol. The van der Waals surface area contributed by atoms with Crippen LogP contribution in [0.15, 0.2) is 0 Å². The van der Waals surface area contributed by atoms with Crippen molar-refractivity contribution in [3.63, 3.8) is 0 Å². The van der Waals surface area contributed by atoms with Gasteiger partial charge in [0.25, 0.3) is 0 Å². The normalized spacial score (nSPS) is 24.5. The van der Waals surface area contributed by atoms with Gasteiger partial charge < -0.3 is 29.8 Å². The van der Waals surface area contributed by atoms with Gasteiger partial charge in [-0.15, -0.1) is 0 Å². The topological polar surface area (TPSA) is 121 Å². The first kappa shape index (κ1) is 26.6. The van der Waals surface area contributed by atoms with Crippen molar-refractivity contribution in [3.8, 4) is 0 Å². The number of rotatable bonds is 8. The molecular weight excluding hydrogens is 392 g/mol. The molecule has 0 aromatic rings. The van der Waals surface area contributed by atoms with Gasteiger partial charge >= 0.3 is 12.1 Å². The maximum absolute atomic E-state index is 13.1. The Balaban J connectivity index is 3.21. The summed E-state index contributed by atoms with van der Waals surface area (Å²) in [7, 11) is 0. The SMILES string of the molecule is CCOC(C)OC[C@@H]1C[C@H](C(=O)OC(C)(C)C)N(C(=O)OC(C)(C)C)[C@H]1[C@@H](N)CO. The molecule has 0 aromatic heterocycles. The predicted molar refractivity (Wildman–Crippen MR) is 112 cm³/mol. The third-order valence-electron chi connectivity index (χ3n) is 4.55. The van der Waals surface area contributed by atoms with Crippen molar-refractivity contribution in [1.29, 1.82) is 0 Å². The van der Waals surface area contributed by atoms with E-state index in [9.17, 15) is 14.7 Å². The van der Waals surface area contributed by atoms with Gasteiger partial charge in [-0.05, 0) is 61.8 Å². The fourth-order valence-electron chi connectivity index (χ4n) is 3.49. The standard InChI is InChI=1S/C21H40N2O7/c1-9-27-13(2)28-12-14-10-16(18(25)29-20(3,4)5)23(17(14)15(22)11-24)19(26)30-21(6,7)8/h13-17,24H,9-12,22H2,1-8H3/t13?,14-,15-,16+,17+/m0/s1. The number of nitrogens with zero attached hydrogens (tertiary/aromatic N) is 1. The monoisotopic (exact) mass is 432 g/mol. The first-order valence-electron chi connectivity index (χ1n) is 10.5. The minimum atomic E-state index is -0.891. The van der Waals surface area contributed by atoms with Crippen LogP contribution in [0.1, 0.15) is 61.8 Å². The van der Waals surface area contributed by atoms with Crippen LogP contribution in [0.4, 0.5) is 4.79 Å². The van der Waals surface area contributed by atoms with E-state index in [0.717, 1.165) is 0 Å². The first-order chi connectivity index (χ1) is 13.7. The Morgan fingerprint density at radius 1 is 1.10 bits per heavy atom.